The largest absolute Gasteiger partial charge is 0.481 e. The van der Waals surface area contributed by atoms with E-state index in [4.69, 9.17) is 5.11 Å². The summed E-state index contributed by atoms with van der Waals surface area (Å²) in [5.41, 5.74) is 1.25. The van der Waals surface area contributed by atoms with Gasteiger partial charge < -0.3 is 10.4 Å². The molecule has 0 aliphatic heterocycles. The van der Waals surface area contributed by atoms with Crippen molar-refractivity contribution in [2.75, 3.05) is 0 Å². The summed E-state index contributed by atoms with van der Waals surface area (Å²) in [7, 11) is 0. The normalized spacial score (nSPS) is 24.5. The number of carbonyl (C=O) groups is 1. The van der Waals surface area contributed by atoms with Gasteiger partial charge in [0.2, 0.25) is 0 Å². The van der Waals surface area contributed by atoms with E-state index in [1.807, 2.05) is 18.2 Å². The van der Waals surface area contributed by atoms with E-state index in [0.717, 1.165) is 25.8 Å². The van der Waals surface area contributed by atoms with Crippen LogP contribution in [-0.2, 0) is 11.3 Å². The Kier molecular flexibility index (Phi) is 3.57. The molecule has 0 amide bonds. The Bertz CT molecular complexity index is 350. The standard InChI is InChI=1S/C13H17NO2/c15-13(16)11-6-7-12(8-11)14-9-10-4-2-1-3-5-10/h1-5,11-12,14H,6-9H2,(H,15,16)/t11-,12+/m1/s1. The zero-order valence-electron chi connectivity index (χ0n) is 9.23. The van der Waals surface area contributed by atoms with Gasteiger partial charge in [0.1, 0.15) is 0 Å². The topological polar surface area (TPSA) is 49.3 Å². The highest BCUT2D eigenvalue weighted by Crippen LogP contribution is 2.25. The Hall–Kier alpha value is -1.35. The molecule has 86 valence electrons. The SMILES string of the molecule is O=C(O)[C@@H]1CC[C@H](NCc2ccccc2)C1. The molecule has 0 aromatic heterocycles. The van der Waals surface area contributed by atoms with Crippen LogP contribution in [0.2, 0.25) is 0 Å². The molecule has 1 fully saturated rings. The van der Waals surface area contributed by atoms with Crippen LogP contribution in [0.1, 0.15) is 24.8 Å². The number of benzene rings is 1. The third kappa shape index (κ3) is 2.83. The van der Waals surface area contributed by atoms with Crippen molar-refractivity contribution in [2.45, 2.75) is 31.8 Å². The molecular formula is C13H17NO2. The van der Waals surface area contributed by atoms with Gasteiger partial charge in [-0.2, -0.15) is 0 Å². The van der Waals surface area contributed by atoms with Crippen molar-refractivity contribution < 1.29 is 9.90 Å². The number of carboxylic acids is 1. The Balaban J connectivity index is 1.78. The summed E-state index contributed by atoms with van der Waals surface area (Å²) in [5, 5.41) is 12.3. The van der Waals surface area contributed by atoms with Gasteiger partial charge in [0.05, 0.1) is 5.92 Å². The van der Waals surface area contributed by atoms with Crippen molar-refractivity contribution in [3.8, 4) is 0 Å². The van der Waals surface area contributed by atoms with Gasteiger partial charge in [0.15, 0.2) is 0 Å². The van der Waals surface area contributed by atoms with Gasteiger partial charge in [-0.3, -0.25) is 4.79 Å². The van der Waals surface area contributed by atoms with E-state index in [-0.39, 0.29) is 5.92 Å². The van der Waals surface area contributed by atoms with E-state index in [0.29, 0.717) is 6.04 Å². The van der Waals surface area contributed by atoms with E-state index in [1.165, 1.54) is 5.56 Å². The molecule has 2 rings (SSSR count). The molecule has 3 nitrogen and oxygen atoms in total. The Morgan fingerprint density at radius 1 is 1.31 bits per heavy atom. The predicted octanol–water partition coefficient (Wildman–Crippen LogP) is 2.03. The minimum atomic E-state index is -0.649. The molecule has 1 aromatic carbocycles. The number of rotatable bonds is 4. The van der Waals surface area contributed by atoms with Gasteiger partial charge in [0, 0.05) is 12.6 Å². The van der Waals surface area contributed by atoms with Crippen LogP contribution in [0.3, 0.4) is 0 Å². The van der Waals surface area contributed by atoms with Crippen LogP contribution >= 0.6 is 0 Å². The van der Waals surface area contributed by atoms with E-state index >= 15 is 0 Å². The first-order valence-electron chi connectivity index (χ1n) is 5.76. The number of nitrogens with one attached hydrogen (secondary N) is 1. The van der Waals surface area contributed by atoms with Gasteiger partial charge in [-0.25, -0.2) is 0 Å². The molecule has 0 heterocycles. The van der Waals surface area contributed by atoms with Crippen molar-refractivity contribution in [3.63, 3.8) is 0 Å². The lowest BCUT2D eigenvalue weighted by Gasteiger charge is -2.12. The fourth-order valence-electron chi connectivity index (χ4n) is 2.25. The van der Waals surface area contributed by atoms with Gasteiger partial charge >= 0.3 is 5.97 Å². The van der Waals surface area contributed by atoms with Crippen molar-refractivity contribution in [1.29, 1.82) is 0 Å². The first-order valence-corrected chi connectivity index (χ1v) is 5.76. The third-order valence-electron chi connectivity index (χ3n) is 3.22. The Morgan fingerprint density at radius 2 is 2.06 bits per heavy atom. The second-order valence-electron chi connectivity index (χ2n) is 4.41. The molecule has 2 atom stereocenters. The van der Waals surface area contributed by atoms with Crippen molar-refractivity contribution in [3.05, 3.63) is 35.9 Å². The molecule has 2 N–H and O–H groups in total. The maximum atomic E-state index is 10.8. The summed E-state index contributed by atoms with van der Waals surface area (Å²) < 4.78 is 0. The molecule has 0 radical (unpaired) electrons. The lowest BCUT2D eigenvalue weighted by Crippen LogP contribution is -2.26. The number of hydrogen-bond acceptors (Lipinski definition) is 2. The summed E-state index contributed by atoms with van der Waals surface area (Å²) >= 11 is 0. The molecule has 1 aliphatic rings. The minimum Gasteiger partial charge on any atom is -0.481 e. The van der Waals surface area contributed by atoms with Crippen LogP contribution in [0.4, 0.5) is 0 Å². The summed E-state index contributed by atoms with van der Waals surface area (Å²) in [4.78, 5) is 10.8. The quantitative estimate of drug-likeness (QED) is 0.814. The highest BCUT2D eigenvalue weighted by molar-refractivity contribution is 5.70. The zero-order chi connectivity index (χ0) is 11.4. The molecule has 1 saturated carbocycles. The average Bonchev–Trinajstić information content (AvgIpc) is 2.76. The lowest BCUT2D eigenvalue weighted by atomic mass is 10.1. The third-order valence-corrected chi connectivity index (χ3v) is 3.22. The lowest BCUT2D eigenvalue weighted by molar-refractivity contribution is -0.141. The summed E-state index contributed by atoms with van der Waals surface area (Å²) in [6, 6.07) is 10.6. The van der Waals surface area contributed by atoms with Crippen molar-refractivity contribution >= 4 is 5.97 Å². The molecule has 0 unspecified atom stereocenters. The second kappa shape index (κ2) is 5.12. The fraction of sp³-hybridized carbons (Fsp3) is 0.462. The van der Waals surface area contributed by atoms with Crippen LogP contribution in [0.15, 0.2) is 30.3 Å². The van der Waals surface area contributed by atoms with Crippen LogP contribution < -0.4 is 5.32 Å². The summed E-state index contributed by atoms with van der Waals surface area (Å²) in [6.07, 6.45) is 2.55. The monoisotopic (exact) mass is 219 g/mol. The molecule has 1 aliphatic carbocycles. The molecule has 0 saturated heterocycles. The van der Waals surface area contributed by atoms with Crippen LogP contribution in [0, 0.1) is 5.92 Å². The number of aliphatic carboxylic acids is 1. The average molecular weight is 219 g/mol. The molecule has 16 heavy (non-hydrogen) atoms. The van der Waals surface area contributed by atoms with Crippen molar-refractivity contribution in [2.24, 2.45) is 5.92 Å². The molecule has 0 bridgehead atoms. The van der Waals surface area contributed by atoms with E-state index < -0.39 is 5.97 Å². The van der Waals surface area contributed by atoms with Gasteiger partial charge in [-0.1, -0.05) is 30.3 Å². The Labute approximate surface area is 95.5 Å². The second-order valence-corrected chi connectivity index (χ2v) is 4.41. The van der Waals surface area contributed by atoms with Crippen molar-refractivity contribution in [1.82, 2.24) is 5.32 Å². The maximum Gasteiger partial charge on any atom is 0.306 e. The summed E-state index contributed by atoms with van der Waals surface area (Å²) in [5.74, 6) is -0.794. The summed E-state index contributed by atoms with van der Waals surface area (Å²) in [6.45, 7) is 0.831. The minimum absolute atomic E-state index is 0.145. The number of carboxylic acid groups (broad SMARTS) is 1. The molecule has 3 heteroatoms. The van der Waals surface area contributed by atoms with Gasteiger partial charge in [-0.05, 0) is 24.8 Å². The zero-order valence-corrected chi connectivity index (χ0v) is 9.23. The predicted molar refractivity (Wildman–Crippen MR) is 62.0 cm³/mol. The van der Waals surface area contributed by atoms with Crippen LogP contribution in [0.5, 0.6) is 0 Å². The van der Waals surface area contributed by atoms with Gasteiger partial charge in [-0.15, -0.1) is 0 Å². The molecule has 0 spiro atoms. The maximum absolute atomic E-state index is 10.8. The van der Waals surface area contributed by atoms with Gasteiger partial charge in [0.25, 0.3) is 0 Å². The Morgan fingerprint density at radius 3 is 2.69 bits per heavy atom. The highest BCUT2D eigenvalue weighted by atomic mass is 16.4. The smallest absolute Gasteiger partial charge is 0.306 e. The highest BCUT2D eigenvalue weighted by Gasteiger charge is 2.29. The van der Waals surface area contributed by atoms with E-state index in [2.05, 4.69) is 17.4 Å². The molecular weight excluding hydrogens is 202 g/mol. The van der Waals surface area contributed by atoms with E-state index in [9.17, 15) is 4.79 Å². The van der Waals surface area contributed by atoms with E-state index in [1.54, 1.807) is 0 Å². The molecule has 1 aromatic rings. The first kappa shape index (κ1) is 11.1. The van der Waals surface area contributed by atoms with Crippen LogP contribution in [-0.4, -0.2) is 17.1 Å². The van der Waals surface area contributed by atoms with Crippen LogP contribution in [0.25, 0.3) is 0 Å². The fourth-order valence-corrected chi connectivity index (χ4v) is 2.25. The number of hydrogen-bond donors (Lipinski definition) is 2. The first-order chi connectivity index (χ1) is 7.75.